The minimum absolute atomic E-state index is 0.0891. The van der Waals surface area contributed by atoms with Gasteiger partial charge in [-0.2, -0.15) is 0 Å². The highest BCUT2D eigenvalue weighted by molar-refractivity contribution is 7.10. The number of hydrogen-bond donors (Lipinski definition) is 1. The van der Waals surface area contributed by atoms with Gasteiger partial charge in [-0.15, -0.1) is 11.3 Å². The van der Waals surface area contributed by atoms with E-state index in [-0.39, 0.29) is 12.5 Å². The lowest BCUT2D eigenvalue weighted by atomic mass is 10.3. The molecule has 4 nitrogen and oxygen atoms in total. The summed E-state index contributed by atoms with van der Waals surface area (Å²) in [7, 11) is 5.57. The van der Waals surface area contributed by atoms with Gasteiger partial charge in [0.1, 0.15) is 0 Å². The Morgan fingerprint density at radius 1 is 1.42 bits per heavy atom. The zero-order valence-electron chi connectivity index (χ0n) is 11.6. The Kier molecular flexibility index (Phi) is 6.57. The summed E-state index contributed by atoms with van der Waals surface area (Å²) in [5.41, 5.74) is 0.946. The zero-order chi connectivity index (χ0) is 14.3. The average Bonchev–Trinajstić information content (AvgIpc) is 2.76. The molecular weight excluding hydrogens is 260 g/mol. The number of nitrogens with zero attached hydrogens (tertiary/aromatic N) is 2. The molecule has 1 aromatic rings. The Balaban J connectivity index is 2.54. The first-order valence-corrected chi connectivity index (χ1v) is 6.96. The minimum Gasteiger partial charge on any atom is -0.395 e. The molecule has 5 heteroatoms. The van der Waals surface area contributed by atoms with Crippen LogP contribution in [0.4, 0.5) is 0 Å². The van der Waals surface area contributed by atoms with Gasteiger partial charge in [0.25, 0.3) is 0 Å². The van der Waals surface area contributed by atoms with Gasteiger partial charge in [-0.25, -0.2) is 0 Å². The van der Waals surface area contributed by atoms with Crippen molar-refractivity contribution in [3.05, 3.63) is 21.9 Å². The van der Waals surface area contributed by atoms with E-state index in [1.165, 1.54) is 0 Å². The van der Waals surface area contributed by atoms with E-state index in [2.05, 4.69) is 11.8 Å². The maximum absolute atomic E-state index is 11.8. The van der Waals surface area contributed by atoms with Crippen LogP contribution in [-0.4, -0.2) is 55.1 Å². The maximum Gasteiger partial charge on any atom is 0.236 e. The molecule has 0 spiro atoms. The third-order valence-electron chi connectivity index (χ3n) is 2.39. The highest BCUT2D eigenvalue weighted by Gasteiger charge is 2.11. The smallest absolute Gasteiger partial charge is 0.236 e. The number of aliphatic hydroxyl groups excluding tert-OH is 1. The van der Waals surface area contributed by atoms with Gasteiger partial charge in [0.15, 0.2) is 0 Å². The van der Waals surface area contributed by atoms with Crippen molar-refractivity contribution in [1.82, 2.24) is 9.80 Å². The zero-order valence-corrected chi connectivity index (χ0v) is 12.5. The molecule has 0 saturated carbocycles. The largest absolute Gasteiger partial charge is 0.395 e. The van der Waals surface area contributed by atoms with Crippen LogP contribution in [0, 0.1) is 11.8 Å². The van der Waals surface area contributed by atoms with Crippen LogP contribution < -0.4 is 0 Å². The van der Waals surface area contributed by atoms with Crippen molar-refractivity contribution in [2.75, 3.05) is 34.3 Å². The number of carbonyl (C=O) groups is 1. The van der Waals surface area contributed by atoms with Crippen LogP contribution in [0.5, 0.6) is 0 Å². The first kappa shape index (κ1) is 15.7. The van der Waals surface area contributed by atoms with E-state index in [1.807, 2.05) is 37.5 Å². The van der Waals surface area contributed by atoms with Crippen molar-refractivity contribution in [2.45, 2.75) is 13.0 Å². The fourth-order valence-electron chi connectivity index (χ4n) is 1.46. The number of carbonyl (C=O) groups excluding carboxylic acids is 1. The predicted octanol–water partition coefficient (Wildman–Crippen LogP) is 1.00. The lowest BCUT2D eigenvalue weighted by Crippen LogP contribution is -2.34. The van der Waals surface area contributed by atoms with Crippen LogP contribution in [0.3, 0.4) is 0 Å². The number of likely N-dealkylation sites (N-methyl/N-ethyl adjacent to an activating group) is 2. The Labute approximate surface area is 118 Å². The van der Waals surface area contributed by atoms with Crippen LogP contribution >= 0.6 is 11.3 Å². The van der Waals surface area contributed by atoms with Crippen LogP contribution in [0.25, 0.3) is 0 Å². The molecule has 1 aromatic heterocycles. The molecule has 1 N–H and O–H groups in total. The van der Waals surface area contributed by atoms with Crippen molar-refractivity contribution in [2.24, 2.45) is 0 Å². The highest BCUT2D eigenvalue weighted by atomic mass is 32.1. The number of thiophene rings is 1. The molecule has 19 heavy (non-hydrogen) atoms. The molecule has 0 aliphatic carbocycles. The van der Waals surface area contributed by atoms with Gasteiger partial charge >= 0.3 is 0 Å². The molecule has 0 aliphatic heterocycles. The second kappa shape index (κ2) is 7.95. The van der Waals surface area contributed by atoms with E-state index in [1.54, 1.807) is 16.2 Å². The van der Waals surface area contributed by atoms with Gasteiger partial charge in [-0.3, -0.25) is 4.79 Å². The van der Waals surface area contributed by atoms with Gasteiger partial charge in [-0.1, -0.05) is 11.8 Å². The van der Waals surface area contributed by atoms with Crippen LogP contribution in [0.2, 0.25) is 0 Å². The van der Waals surface area contributed by atoms with Gasteiger partial charge < -0.3 is 14.9 Å². The molecule has 1 rings (SSSR count). The number of amides is 1. The number of aliphatic hydroxyl groups is 1. The highest BCUT2D eigenvalue weighted by Crippen LogP contribution is 2.15. The van der Waals surface area contributed by atoms with Crippen molar-refractivity contribution >= 4 is 17.2 Å². The summed E-state index contributed by atoms with van der Waals surface area (Å²) in [5.74, 6) is 5.98. The summed E-state index contributed by atoms with van der Waals surface area (Å²) in [4.78, 5) is 16.5. The average molecular weight is 280 g/mol. The summed E-state index contributed by atoms with van der Waals surface area (Å²) >= 11 is 1.60. The summed E-state index contributed by atoms with van der Waals surface area (Å²) < 4.78 is 0. The van der Waals surface area contributed by atoms with Crippen molar-refractivity contribution in [3.63, 3.8) is 0 Å². The third-order valence-corrected chi connectivity index (χ3v) is 3.32. The van der Waals surface area contributed by atoms with E-state index in [0.29, 0.717) is 19.5 Å². The van der Waals surface area contributed by atoms with E-state index in [0.717, 1.165) is 10.4 Å². The molecule has 0 bridgehead atoms. The lowest BCUT2D eigenvalue weighted by molar-refractivity contribution is -0.131. The van der Waals surface area contributed by atoms with E-state index < -0.39 is 0 Å². The minimum atomic E-state index is 0.0891. The number of hydrogen-bond acceptors (Lipinski definition) is 4. The van der Waals surface area contributed by atoms with Gasteiger partial charge in [-0.05, 0) is 20.2 Å². The van der Waals surface area contributed by atoms with Gasteiger partial charge in [0.05, 0.1) is 19.7 Å². The van der Waals surface area contributed by atoms with Crippen LogP contribution in [-0.2, 0) is 11.3 Å². The summed E-state index contributed by atoms with van der Waals surface area (Å²) in [5, 5.41) is 10.6. The second-order valence-corrected chi connectivity index (χ2v) is 5.56. The first-order valence-electron chi connectivity index (χ1n) is 6.08. The molecule has 104 valence electrons. The molecule has 0 saturated heterocycles. The quantitative estimate of drug-likeness (QED) is 0.819. The SMILES string of the molecule is CN(C)CC(=O)N(C)Cc1cc(C#CCCO)cs1. The standard InChI is InChI=1S/C14H20N2O2S/c1-15(2)10-14(18)16(3)9-13-8-12(11-19-13)6-4-5-7-17/h8,11,17H,5,7,9-10H2,1-3H3. The molecule has 0 radical (unpaired) electrons. The second-order valence-electron chi connectivity index (χ2n) is 4.56. The molecule has 0 aromatic carbocycles. The normalized spacial score (nSPS) is 10.2. The Morgan fingerprint density at radius 2 is 2.16 bits per heavy atom. The van der Waals surface area contributed by atoms with Crippen LogP contribution in [0.15, 0.2) is 11.4 Å². The van der Waals surface area contributed by atoms with Crippen molar-refractivity contribution in [1.29, 1.82) is 0 Å². The summed E-state index contributed by atoms with van der Waals surface area (Å²) in [6.45, 7) is 1.12. The molecule has 0 atom stereocenters. The predicted molar refractivity (Wildman–Crippen MR) is 77.9 cm³/mol. The Morgan fingerprint density at radius 3 is 2.79 bits per heavy atom. The Hall–Kier alpha value is -1.35. The molecular formula is C14H20N2O2S. The fraction of sp³-hybridized carbons (Fsp3) is 0.500. The van der Waals surface area contributed by atoms with E-state index in [9.17, 15) is 4.79 Å². The topological polar surface area (TPSA) is 43.8 Å². The first-order chi connectivity index (χ1) is 9.02. The van der Waals surface area contributed by atoms with Gasteiger partial charge in [0, 0.05) is 29.3 Å². The molecule has 1 amide bonds. The Bertz CT molecular complexity index is 471. The van der Waals surface area contributed by atoms with Crippen molar-refractivity contribution in [3.8, 4) is 11.8 Å². The lowest BCUT2D eigenvalue weighted by Gasteiger charge is -2.18. The van der Waals surface area contributed by atoms with Gasteiger partial charge in [0.2, 0.25) is 5.91 Å². The van der Waals surface area contributed by atoms with Crippen molar-refractivity contribution < 1.29 is 9.90 Å². The molecule has 0 aliphatic rings. The molecule has 0 fully saturated rings. The van der Waals surface area contributed by atoms with Crippen LogP contribution in [0.1, 0.15) is 16.9 Å². The van der Waals surface area contributed by atoms with E-state index >= 15 is 0 Å². The van der Waals surface area contributed by atoms with E-state index in [4.69, 9.17) is 5.11 Å². The maximum atomic E-state index is 11.8. The summed E-state index contributed by atoms with van der Waals surface area (Å²) in [6.07, 6.45) is 0.492. The third kappa shape index (κ3) is 5.88. The summed E-state index contributed by atoms with van der Waals surface area (Å²) in [6, 6.07) is 1.99. The molecule has 0 unspecified atom stereocenters. The monoisotopic (exact) mass is 280 g/mol. The molecule has 1 heterocycles. The number of rotatable bonds is 5. The fourth-order valence-corrected chi connectivity index (χ4v) is 2.33.